The summed E-state index contributed by atoms with van der Waals surface area (Å²) in [6.45, 7) is 5.33. The first-order valence-electron chi connectivity index (χ1n) is 6.64. The topological polar surface area (TPSA) is 38.8 Å². The molecule has 0 N–H and O–H groups in total. The minimum atomic E-state index is -0.350. The maximum atomic E-state index is 12.2. The van der Waals surface area contributed by atoms with E-state index in [1.165, 1.54) is 0 Å². The van der Waals surface area contributed by atoms with E-state index < -0.39 is 0 Å². The maximum absolute atomic E-state index is 12.2. The first-order valence-corrected chi connectivity index (χ1v) is 6.64. The lowest BCUT2D eigenvalue weighted by Gasteiger charge is -2.45. The molecule has 0 aliphatic carbocycles. The second-order valence-corrected chi connectivity index (χ2v) is 5.69. The van der Waals surface area contributed by atoms with Crippen molar-refractivity contribution in [1.29, 1.82) is 0 Å². The highest BCUT2D eigenvalue weighted by Crippen LogP contribution is 2.30. The van der Waals surface area contributed by atoms with E-state index in [0.717, 1.165) is 0 Å². The Labute approximate surface area is 107 Å². The number of ether oxygens (including phenoxy) is 2. The molecule has 0 unspecified atom stereocenters. The van der Waals surface area contributed by atoms with Gasteiger partial charge in [-0.1, -0.05) is 0 Å². The van der Waals surface area contributed by atoms with Gasteiger partial charge in [0, 0.05) is 13.0 Å². The fourth-order valence-electron chi connectivity index (χ4n) is 2.69. The molecule has 2 fully saturated rings. The van der Waals surface area contributed by atoms with Crippen LogP contribution in [-0.4, -0.2) is 55.0 Å². The summed E-state index contributed by atoms with van der Waals surface area (Å²) in [5.74, 6) is 0.0975. The van der Waals surface area contributed by atoms with Crippen LogP contribution in [0.4, 0.5) is 4.39 Å². The van der Waals surface area contributed by atoms with Gasteiger partial charge in [-0.15, -0.1) is 0 Å². The number of carbonyl (C=O) groups excluding carboxylic acids is 1. The molecule has 0 aromatic carbocycles. The summed E-state index contributed by atoms with van der Waals surface area (Å²) in [6, 6.07) is 0.0379. The van der Waals surface area contributed by atoms with Gasteiger partial charge in [-0.05, 0) is 26.7 Å². The van der Waals surface area contributed by atoms with Gasteiger partial charge < -0.3 is 14.4 Å². The van der Waals surface area contributed by atoms with E-state index in [4.69, 9.17) is 9.47 Å². The molecular formula is C13H22FNO3. The monoisotopic (exact) mass is 259 g/mol. The zero-order valence-electron chi connectivity index (χ0n) is 11.2. The molecule has 2 aliphatic heterocycles. The Morgan fingerprint density at radius 3 is 2.89 bits per heavy atom. The van der Waals surface area contributed by atoms with Crippen molar-refractivity contribution in [2.75, 3.05) is 26.4 Å². The molecule has 104 valence electrons. The number of alkyl halides is 1. The number of halogens is 1. The summed E-state index contributed by atoms with van der Waals surface area (Å²) < 4.78 is 23.4. The number of carbonyl (C=O) groups is 1. The number of hydrogen-bond acceptors (Lipinski definition) is 3. The molecule has 0 radical (unpaired) electrons. The summed E-state index contributed by atoms with van der Waals surface area (Å²) in [7, 11) is 0. The molecular weight excluding hydrogens is 237 g/mol. The molecule has 2 aliphatic rings. The maximum Gasteiger partial charge on any atom is 0.223 e. The van der Waals surface area contributed by atoms with Crippen LogP contribution in [0.1, 0.15) is 33.1 Å². The van der Waals surface area contributed by atoms with Crippen molar-refractivity contribution >= 4 is 5.91 Å². The van der Waals surface area contributed by atoms with Crippen LogP contribution in [0.25, 0.3) is 0 Å². The van der Waals surface area contributed by atoms with Gasteiger partial charge in [-0.2, -0.15) is 0 Å². The van der Waals surface area contributed by atoms with E-state index in [-0.39, 0.29) is 30.3 Å². The van der Waals surface area contributed by atoms with E-state index in [2.05, 4.69) is 0 Å². The summed E-state index contributed by atoms with van der Waals surface area (Å²) in [6.07, 6.45) is 1.48. The largest absolute Gasteiger partial charge is 0.376 e. The molecule has 2 saturated heterocycles. The Kier molecular flexibility index (Phi) is 4.22. The third kappa shape index (κ3) is 3.01. The van der Waals surface area contributed by atoms with Gasteiger partial charge in [0.25, 0.3) is 0 Å². The highest BCUT2D eigenvalue weighted by Gasteiger charge is 2.45. The van der Waals surface area contributed by atoms with Crippen LogP contribution >= 0.6 is 0 Å². The SMILES string of the molecule is CC1(C)CN(C(=O)CCCCF)[C@@H]2COC[C@H]2O1. The van der Waals surface area contributed by atoms with Crippen LogP contribution in [0.5, 0.6) is 0 Å². The van der Waals surface area contributed by atoms with E-state index in [1.54, 1.807) is 0 Å². The fourth-order valence-corrected chi connectivity index (χ4v) is 2.69. The van der Waals surface area contributed by atoms with Gasteiger partial charge in [0.05, 0.1) is 31.5 Å². The normalized spacial score (nSPS) is 30.3. The number of hydrogen-bond donors (Lipinski definition) is 0. The quantitative estimate of drug-likeness (QED) is 0.719. The van der Waals surface area contributed by atoms with Crippen molar-refractivity contribution in [2.24, 2.45) is 0 Å². The van der Waals surface area contributed by atoms with Gasteiger partial charge in [0.1, 0.15) is 6.10 Å². The molecule has 5 heteroatoms. The summed E-state index contributed by atoms with van der Waals surface area (Å²) >= 11 is 0. The molecule has 18 heavy (non-hydrogen) atoms. The van der Waals surface area contributed by atoms with Crippen LogP contribution in [0, 0.1) is 0 Å². The zero-order valence-corrected chi connectivity index (χ0v) is 11.2. The number of amides is 1. The second-order valence-electron chi connectivity index (χ2n) is 5.69. The lowest BCUT2D eigenvalue weighted by Crippen LogP contribution is -2.60. The molecule has 4 nitrogen and oxygen atoms in total. The summed E-state index contributed by atoms with van der Waals surface area (Å²) in [5.41, 5.74) is -0.329. The standard InChI is InChI=1S/C13H22FNO3/c1-13(2)9-15(12(16)5-3-4-6-14)10-7-17-8-11(10)18-13/h10-11H,3-9H2,1-2H3/t10-,11-/m1/s1. The van der Waals surface area contributed by atoms with E-state index in [0.29, 0.717) is 39.0 Å². The van der Waals surface area contributed by atoms with Gasteiger partial charge in [-0.3, -0.25) is 9.18 Å². The third-order valence-electron chi connectivity index (χ3n) is 3.52. The number of unbranched alkanes of at least 4 members (excludes halogenated alkanes) is 1. The number of rotatable bonds is 4. The van der Waals surface area contributed by atoms with Crippen LogP contribution in [0.2, 0.25) is 0 Å². The van der Waals surface area contributed by atoms with Crippen LogP contribution < -0.4 is 0 Å². The van der Waals surface area contributed by atoms with E-state index in [9.17, 15) is 9.18 Å². The minimum absolute atomic E-state index is 0.0149. The van der Waals surface area contributed by atoms with Crippen molar-refractivity contribution in [3.63, 3.8) is 0 Å². The highest BCUT2D eigenvalue weighted by atomic mass is 19.1. The Morgan fingerprint density at radius 2 is 2.17 bits per heavy atom. The Bertz CT molecular complexity index is 309. The van der Waals surface area contributed by atoms with Crippen LogP contribution in [-0.2, 0) is 14.3 Å². The average molecular weight is 259 g/mol. The van der Waals surface area contributed by atoms with Gasteiger partial charge in [0.2, 0.25) is 5.91 Å². The molecule has 0 bridgehead atoms. The Morgan fingerprint density at radius 1 is 1.39 bits per heavy atom. The zero-order chi connectivity index (χ0) is 13.2. The van der Waals surface area contributed by atoms with E-state index >= 15 is 0 Å². The van der Waals surface area contributed by atoms with Crippen molar-refractivity contribution < 1.29 is 18.7 Å². The number of fused-ring (bicyclic) bond motifs is 1. The lowest BCUT2D eigenvalue weighted by molar-refractivity contribution is -0.169. The molecule has 2 rings (SSSR count). The van der Waals surface area contributed by atoms with Gasteiger partial charge in [0.15, 0.2) is 0 Å². The average Bonchev–Trinajstić information content (AvgIpc) is 2.74. The second kappa shape index (κ2) is 5.53. The van der Waals surface area contributed by atoms with Crippen molar-refractivity contribution in [3.8, 4) is 0 Å². The predicted octanol–water partition coefficient (Wildman–Crippen LogP) is 1.53. The molecule has 0 spiro atoms. The molecule has 1 amide bonds. The molecule has 2 atom stereocenters. The Hall–Kier alpha value is -0.680. The van der Waals surface area contributed by atoms with Gasteiger partial charge in [-0.25, -0.2) is 0 Å². The number of morpholine rings is 1. The number of nitrogens with zero attached hydrogens (tertiary/aromatic N) is 1. The van der Waals surface area contributed by atoms with Gasteiger partial charge >= 0.3 is 0 Å². The lowest BCUT2D eigenvalue weighted by atomic mass is 10.00. The molecule has 0 saturated carbocycles. The predicted molar refractivity (Wildman–Crippen MR) is 65.1 cm³/mol. The molecule has 0 aromatic heterocycles. The minimum Gasteiger partial charge on any atom is -0.376 e. The molecule has 0 aromatic rings. The highest BCUT2D eigenvalue weighted by molar-refractivity contribution is 5.76. The fraction of sp³-hybridized carbons (Fsp3) is 0.923. The smallest absolute Gasteiger partial charge is 0.223 e. The van der Waals surface area contributed by atoms with Crippen LogP contribution in [0.3, 0.4) is 0 Å². The summed E-state index contributed by atoms with van der Waals surface area (Å²) in [5, 5.41) is 0. The van der Waals surface area contributed by atoms with E-state index in [1.807, 2.05) is 18.7 Å². The third-order valence-corrected chi connectivity index (χ3v) is 3.52. The van der Waals surface area contributed by atoms with Crippen molar-refractivity contribution in [1.82, 2.24) is 4.90 Å². The van der Waals surface area contributed by atoms with Crippen LogP contribution in [0.15, 0.2) is 0 Å². The first kappa shape index (κ1) is 13.7. The van der Waals surface area contributed by atoms with Crippen molar-refractivity contribution in [3.05, 3.63) is 0 Å². The first-order chi connectivity index (χ1) is 8.53. The Balaban J connectivity index is 1.98. The molecule has 2 heterocycles. The van der Waals surface area contributed by atoms with Crippen molar-refractivity contribution in [2.45, 2.75) is 50.9 Å². The summed E-state index contributed by atoms with van der Waals surface area (Å²) in [4.78, 5) is 14.1.